The highest BCUT2D eigenvalue weighted by atomic mass is 32.1. The van der Waals surface area contributed by atoms with E-state index < -0.39 is 0 Å². The third-order valence-corrected chi connectivity index (χ3v) is 1.68. The van der Waals surface area contributed by atoms with E-state index in [9.17, 15) is 0 Å². The first-order chi connectivity index (χ1) is 5.59. The molecule has 0 saturated heterocycles. The first kappa shape index (κ1) is 9.26. The molecule has 0 amide bonds. The van der Waals surface area contributed by atoms with Gasteiger partial charge in [0.05, 0.1) is 6.10 Å². The maximum atomic E-state index is 9.15. The number of rotatable bonds is 2. The first-order valence-electron chi connectivity index (χ1n) is 3.78. The van der Waals surface area contributed by atoms with Crippen LogP contribution in [0.5, 0.6) is 11.5 Å². The number of aromatic hydroxyl groups is 1. The molecule has 0 aliphatic heterocycles. The lowest BCUT2D eigenvalue weighted by Crippen LogP contribution is -2.05. The minimum absolute atomic E-state index is 0.141. The molecule has 3 heteroatoms. The van der Waals surface area contributed by atoms with Gasteiger partial charge in [-0.3, -0.25) is 0 Å². The van der Waals surface area contributed by atoms with Gasteiger partial charge in [0.2, 0.25) is 0 Å². The molecule has 0 aliphatic carbocycles. The minimum Gasteiger partial charge on any atom is -0.507 e. The van der Waals surface area contributed by atoms with E-state index in [1.807, 2.05) is 13.8 Å². The fourth-order valence-corrected chi connectivity index (χ4v) is 1.05. The molecule has 1 aromatic rings. The largest absolute Gasteiger partial charge is 0.507 e. The van der Waals surface area contributed by atoms with Crippen molar-refractivity contribution in [3.05, 3.63) is 18.2 Å². The zero-order chi connectivity index (χ0) is 9.14. The third kappa shape index (κ3) is 2.34. The summed E-state index contributed by atoms with van der Waals surface area (Å²) in [4.78, 5) is 0.535. The van der Waals surface area contributed by atoms with Gasteiger partial charge in [0.1, 0.15) is 11.5 Å². The van der Waals surface area contributed by atoms with E-state index in [0.29, 0.717) is 4.90 Å². The fraction of sp³-hybridized carbons (Fsp3) is 0.333. The summed E-state index contributed by atoms with van der Waals surface area (Å²) in [7, 11) is 0. The predicted octanol–water partition coefficient (Wildman–Crippen LogP) is 2.47. The Labute approximate surface area is 77.6 Å². The van der Waals surface area contributed by atoms with E-state index in [1.54, 1.807) is 18.2 Å². The van der Waals surface area contributed by atoms with Crippen molar-refractivity contribution in [3.8, 4) is 11.5 Å². The highest BCUT2D eigenvalue weighted by Gasteiger charge is 2.00. The van der Waals surface area contributed by atoms with E-state index in [0.717, 1.165) is 5.75 Å². The van der Waals surface area contributed by atoms with Gasteiger partial charge in [-0.15, -0.1) is 12.6 Å². The van der Waals surface area contributed by atoms with Crippen LogP contribution < -0.4 is 4.74 Å². The number of hydrogen-bond acceptors (Lipinski definition) is 3. The van der Waals surface area contributed by atoms with Crippen LogP contribution in [-0.2, 0) is 0 Å². The number of thiol groups is 1. The molecule has 1 N–H and O–H groups in total. The van der Waals surface area contributed by atoms with Crippen LogP contribution >= 0.6 is 12.6 Å². The minimum atomic E-state index is 0.141. The number of hydrogen-bond donors (Lipinski definition) is 2. The lowest BCUT2D eigenvalue weighted by molar-refractivity contribution is 0.241. The zero-order valence-corrected chi connectivity index (χ0v) is 8.01. The van der Waals surface area contributed by atoms with E-state index in [2.05, 4.69) is 12.6 Å². The van der Waals surface area contributed by atoms with Gasteiger partial charge < -0.3 is 9.84 Å². The van der Waals surface area contributed by atoms with Gasteiger partial charge in [-0.05, 0) is 32.0 Å². The summed E-state index contributed by atoms with van der Waals surface area (Å²) >= 11 is 4.06. The van der Waals surface area contributed by atoms with Crippen LogP contribution in [0.3, 0.4) is 0 Å². The molecule has 0 saturated carbocycles. The van der Waals surface area contributed by atoms with Crippen LogP contribution in [0.4, 0.5) is 0 Å². The second kappa shape index (κ2) is 3.72. The van der Waals surface area contributed by atoms with Crippen molar-refractivity contribution in [2.24, 2.45) is 0 Å². The molecule has 1 aromatic carbocycles. The average Bonchev–Trinajstić information content (AvgIpc) is 1.96. The smallest absolute Gasteiger partial charge is 0.129 e. The van der Waals surface area contributed by atoms with Crippen molar-refractivity contribution in [1.29, 1.82) is 0 Å². The lowest BCUT2D eigenvalue weighted by atomic mass is 10.3. The van der Waals surface area contributed by atoms with Crippen molar-refractivity contribution in [2.75, 3.05) is 0 Å². The van der Waals surface area contributed by atoms with Crippen molar-refractivity contribution in [1.82, 2.24) is 0 Å². The Morgan fingerprint density at radius 1 is 1.42 bits per heavy atom. The van der Waals surface area contributed by atoms with Gasteiger partial charge in [0.15, 0.2) is 0 Å². The van der Waals surface area contributed by atoms with E-state index in [-0.39, 0.29) is 11.9 Å². The molecule has 2 nitrogen and oxygen atoms in total. The van der Waals surface area contributed by atoms with Crippen LogP contribution in [0.2, 0.25) is 0 Å². The van der Waals surface area contributed by atoms with Crippen LogP contribution in [0.25, 0.3) is 0 Å². The Morgan fingerprint density at radius 3 is 2.58 bits per heavy atom. The third-order valence-electron chi connectivity index (χ3n) is 1.32. The maximum absolute atomic E-state index is 9.15. The Kier molecular flexibility index (Phi) is 2.87. The second-order valence-electron chi connectivity index (χ2n) is 2.82. The molecule has 0 fully saturated rings. The zero-order valence-electron chi connectivity index (χ0n) is 7.11. The Bertz CT molecular complexity index is 271. The summed E-state index contributed by atoms with van der Waals surface area (Å²) in [5.41, 5.74) is 0. The van der Waals surface area contributed by atoms with Crippen molar-refractivity contribution < 1.29 is 9.84 Å². The van der Waals surface area contributed by atoms with E-state index in [4.69, 9.17) is 9.84 Å². The molecule has 12 heavy (non-hydrogen) atoms. The van der Waals surface area contributed by atoms with Crippen LogP contribution in [0, 0.1) is 0 Å². The quantitative estimate of drug-likeness (QED) is 0.691. The molecule has 0 radical (unpaired) electrons. The molecule has 0 aliphatic rings. The first-order valence-corrected chi connectivity index (χ1v) is 4.23. The normalized spacial score (nSPS) is 10.3. The SMILES string of the molecule is CC(C)Oc1ccc(O)c(S)c1. The second-order valence-corrected chi connectivity index (χ2v) is 3.30. The van der Waals surface area contributed by atoms with Gasteiger partial charge in [-0.2, -0.15) is 0 Å². The standard InChI is InChI=1S/C9H12O2S/c1-6(2)11-7-3-4-8(10)9(12)5-7/h3-6,10,12H,1-2H3. The van der Waals surface area contributed by atoms with Crippen molar-refractivity contribution in [2.45, 2.75) is 24.8 Å². The average molecular weight is 184 g/mol. The molecular weight excluding hydrogens is 172 g/mol. The van der Waals surface area contributed by atoms with Gasteiger partial charge in [0.25, 0.3) is 0 Å². The molecule has 0 heterocycles. The highest BCUT2D eigenvalue weighted by Crippen LogP contribution is 2.26. The number of phenolic OH excluding ortho intramolecular Hbond substituents is 1. The molecule has 0 aromatic heterocycles. The molecule has 0 unspecified atom stereocenters. The van der Waals surface area contributed by atoms with Crippen LogP contribution in [0.15, 0.2) is 23.1 Å². The molecule has 0 atom stereocenters. The maximum Gasteiger partial charge on any atom is 0.129 e. The lowest BCUT2D eigenvalue weighted by Gasteiger charge is -2.09. The van der Waals surface area contributed by atoms with Crippen LogP contribution in [-0.4, -0.2) is 11.2 Å². The van der Waals surface area contributed by atoms with E-state index >= 15 is 0 Å². The highest BCUT2D eigenvalue weighted by molar-refractivity contribution is 7.80. The summed E-state index contributed by atoms with van der Waals surface area (Å²) in [5, 5.41) is 9.15. The Hall–Kier alpha value is -0.830. The molecule has 0 bridgehead atoms. The number of benzene rings is 1. The summed E-state index contributed by atoms with van der Waals surface area (Å²) in [6.45, 7) is 3.90. The van der Waals surface area contributed by atoms with Gasteiger partial charge in [-0.25, -0.2) is 0 Å². The Morgan fingerprint density at radius 2 is 2.08 bits per heavy atom. The monoisotopic (exact) mass is 184 g/mol. The fourth-order valence-electron chi connectivity index (χ4n) is 0.849. The summed E-state index contributed by atoms with van der Waals surface area (Å²) in [5.74, 6) is 0.905. The summed E-state index contributed by atoms with van der Waals surface area (Å²) < 4.78 is 5.39. The number of phenols is 1. The van der Waals surface area contributed by atoms with Gasteiger partial charge >= 0.3 is 0 Å². The molecule has 1 rings (SSSR count). The Balaban J connectivity index is 2.82. The molecule has 66 valence electrons. The predicted molar refractivity (Wildman–Crippen MR) is 51.1 cm³/mol. The summed E-state index contributed by atoms with van der Waals surface area (Å²) in [6.07, 6.45) is 0.141. The molecule has 0 spiro atoms. The van der Waals surface area contributed by atoms with Gasteiger partial charge in [0, 0.05) is 4.90 Å². The number of ether oxygens (including phenoxy) is 1. The van der Waals surface area contributed by atoms with Crippen molar-refractivity contribution >= 4 is 12.6 Å². The topological polar surface area (TPSA) is 29.5 Å². The van der Waals surface area contributed by atoms with E-state index in [1.165, 1.54) is 0 Å². The summed E-state index contributed by atoms with van der Waals surface area (Å²) in [6, 6.07) is 4.98. The van der Waals surface area contributed by atoms with Gasteiger partial charge in [-0.1, -0.05) is 0 Å². The van der Waals surface area contributed by atoms with Crippen molar-refractivity contribution in [3.63, 3.8) is 0 Å². The van der Waals surface area contributed by atoms with Crippen LogP contribution in [0.1, 0.15) is 13.8 Å². The molecular formula is C9H12O2S.